The lowest BCUT2D eigenvalue weighted by molar-refractivity contribution is 0.102. The van der Waals surface area contributed by atoms with E-state index in [4.69, 9.17) is 5.73 Å². The van der Waals surface area contributed by atoms with Crippen LogP contribution in [0.4, 0.5) is 16.2 Å². The number of urea groups is 1. The molecule has 3 amide bonds. The standard InChI is InChI=1S/C27H35N7O2S/c1-33-13-15-34(16-14-33)12-10-23(32-27(36)29-11-9-20-5-3-2-4-6-20)21-7-8-24(30-17-21)26(35)31-25-19-37-18-22(25)28/h2-8,17-19,23H,9-16,28H2,1H3,(H,31,35)(H2,29,32,36). The largest absolute Gasteiger partial charge is 0.396 e. The molecule has 10 heteroatoms. The molecule has 0 saturated carbocycles. The van der Waals surface area contributed by atoms with Crippen molar-refractivity contribution in [2.24, 2.45) is 0 Å². The van der Waals surface area contributed by atoms with Gasteiger partial charge in [-0.15, -0.1) is 11.3 Å². The SMILES string of the molecule is CN1CCN(CCC(NC(=O)NCCc2ccccc2)c2ccc(C(=O)Nc3cscc3N)nc2)CC1. The molecule has 0 bridgehead atoms. The van der Waals surface area contributed by atoms with Crippen LogP contribution in [0.5, 0.6) is 0 Å². The van der Waals surface area contributed by atoms with Gasteiger partial charge in [-0.2, -0.15) is 0 Å². The second kappa shape index (κ2) is 13.2. The summed E-state index contributed by atoms with van der Waals surface area (Å²) in [5, 5.41) is 12.4. The number of piperazine rings is 1. The quantitative estimate of drug-likeness (QED) is 0.326. The fraction of sp³-hybridized carbons (Fsp3) is 0.370. The topological polar surface area (TPSA) is 116 Å². The molecule has 1 atom stereocenters. The molecular formula is C27H35N7O2S. The highest BCUT2D eigenvalue weighted by Gasteiger charge is 2.20. The van der Waals surface area contributed by atoms with Crippen molar-refractivity contribution in [1.29, 1.82) is 0 Å². The molecule has 1 aliphatic heterocycles. The molecule has 4 rings (SSSR count). The van der Waals surface area contributed by atoms with Crippen LogP contribution in [-0.4, -0.2) is 73.0 Å². The van der Waals surface area contributed by atoms with Crippen molar-refractivity contribution in [3.63, 3.8) is 0 Å². The summed E-state index contributed by atoms with van der Waals surface area (Å²) < 4.78 is 0. The molecule has 3 aromatic rings. The van der Waals surface area contributed by atoms with Crippen molar-refractivity contribution in [3.8, 4) is 0 Å². The Morgan fingerprint density at radius 3 is 2.54 bits per heavy atom. The van der Waals surface area contributed by atoms with E-state index in [1.807, 2.05) is 24.3 Å². The van der Waals surface area contributed by atoms with Crippen LogP contribution >= 0.6 is 11.3 Å². The van der Waals surface area contributed by atoms with Gasteiger partial charge in [-0.25, -0.2) is 4.79 Å². The Hall–Kier alpha value is -3.47. The number of pyridine rings is 1. The molecule has 0 aliphatic carbocycles. The molecule has 0 radical (unpaired) electrons. The lowest BCUT2D eigenvalue weighted by atomic mass is 10.0. The fourth-order valence-electron chi connectivity index (χ4n) is 4.22. The summed E-state index contributed by atoms with van der Waals surface area (Å²) in [5.41, 5.74) is 9.31. The number of hydrogen-bond donors (Lipinski definition) is 4. The van der Waals surface area contributed by atoms with Crippen LogP contribution in [0.25, 0.3) is 0 Å². The van der Waals surface area contributed by atoms with Gasteiger partial charge in [-0.3, -0.25) is 9.78 Å². The van der Waals surface area contributed by atoms with E-state index in [2.05, 4.69) is 49.9 Å². The van der Waals surface area contributed by atoms with Gasteiger partial charge in [0.15, 0.2) is 0 Å². The third kappa shape index (κ3) is 8.01. The zero-order chi connectivity index (χ0) is 26.0. The van der Waals surface area contributed by atoms with E-state index in [-0.39, 0.29) is 18.0 Å². The van der Waals surface area contributed by atoms with Crippen molar-refractivity contribution >= 4 is 34.6 Å². The summed E-state index contributed by atoms with van der Waals surface area (Å²) >= 11 is 1.42. The highest BCUT2D eigenvalue weighted by molar-refractivity contribution is 7.09. The second-order valence-electron chi connectivity index (χ2n) is 9.29. The summed E-state index contributed by atoms with van der Waals surface area (Å²) in [6.07, 6.45) is 3.18. The monoisotopic (exact) mass is 521 g/mol. The highest BCUT2D eigenvalue weighted by atomic mass is 32.1. The number of hydrogen-bond acceptors (Lipinski definition) is 7. The number of nitrogens with two attached hydrogens (primary N) is 1. The normalized spacial score (nSPS) is 15.2. The summed E-state index contributed by atoms with van der Waals surface area (Å²) in [5.74, 6) is -0.322. The summed E-state index contributed by atoms with van der Waals surface area (Å²) in [6, 6.07) is 13.2. The highest BCUT2D eigenvalue weighted by Crippen LogP contribution is 2.24. The Bertz CT molecular complexity index is 1150. The average Bonchev–Trinajstić information content (AvgIpc) is 3.32. The third-order valence-electron chi connectivity index (χ3n) is 6.54. The summed E-state index contributed by atoms with van der Waals surface area (Å²) in [6.45, 7) is 5.51. The number of thiophene rings is 1. The van der Waals surface area contributed by atoms with E-state index in [9.17, 15) is 9.59 Å². The lowest BCUT2D eigenvalue weighted by Crippen LogP contribution is -2.46. The van der Waals surface area contributed by atoms with Gasteiger partial charge in [0.1, 0.15) is 5.69 Å². The minimum Gasteiger partial charge on any atom is -0.396 e. The molecule has 1 saturated heterocycles. The fourth-order valence-corrected chi connectivity index (χ4v) is 4.89. The number of nitrogens with one attached hydrogen (secondary N) is 3. The predicted octanol–water partition coefficient (Wildman–Crippen LogP) is 3.20. The number of rotatable bonds is 10. The molecule has 5 N–H and O–H groups in total. The van der Waals surface area contributed by atoms with Crippen LogP contribution in [0.15, 0.2) is 59.4 Å². The lowest BCUT2D eigenvalue weighted by Gasteiger charge is -2.33. The van der Waals surface area contributed by atoms with Crippen LogP contribution in [-0.2, 0) is 6.42 Å². The minimum atomic E-state index is -0.322. The van der Waals surface area contributed by atoms with E-state index in [1.165, 1.54) is 16.9 Å². The van der Waals surface area contributed by atoms with Gasteiger partial charge in [0, 0.05) is 56.2 Å². The molecule has 1 fully saturated rings. The molecule has 1 aliphatic rings. The van der Waals surface area contributed by atoms with Gasteiger partial charge in [0.2, 0.25) is 0 Å². The van der Waals surface area contributed by atoms with Gasteiger partial charge in [0.05, 0.1) is 17.4 Å². The maximum absolute atomic E-state index is 12.8. The van der Waals surface area contributed by atoms with Crippen molar-refractivity contribution in [2.75, 3.05) is 57.4 Å². The summed E-state index contributed by atoms with van der Waals surface area (Å²) in [7, 11) is 2.14. The predicted molar refractivity (Wildman–Crippen MR) is 149 cm³/mol. The van der Waals surface area contributed by atoms with Crippen molar-refractivity contribution in [3.05, 3.63) is 76.2 Å². The van der Waals surface area contributed by atoms with Crippen LogP contribution in [0.1, 0.15) is 34.1 Å². The third-order valence-corrected chi connectivity index (χ3v) is 7.30. The number of amides is 3. The van der Waals surface area contributed by atoms with Crippen molar-refractivity contribution < 1.29 is 9.59 Å². The first kappa shape index (κ1) is 26.6. The summed E-state index contributed by atoms with van der Waals surface area (Å²) in [4.78, 5) is 34.5. The van der Waals surface area contributed by atoms with E-state index in [1.54, 1.807) is 23.0 Å². The number of carbonyl (C=O) groups excluding carboxylic acids is 2. The Kier molecular flexibility index (Phi) is 9.47. The Morgan fingerprint density at radius 1 is 1.08 bits per heavy atom. The number of benzene rings is 1. The molecule has 0 spiro atoms. The molecule has 196 valence electrons. The Balaban J connectivity index is 1.37. The zero-order valence-electron chi connectivity index (χ0n) is 21.2. The Morgan fingerprint density at radius 2 is 1.86 bits per heavy atom. The van der Waals surface area contributed by atoms with Gasteiger partial charge < -0.3 is 31.5 Å². The number of anilines is 2. The van der Waals surface area contributed by atoms with E-state index >= 15 is 0 Å². The molecule has 2 aromatic heterocycles. The number of likely N-dealkylation sites (N-methyl/N-ethyl adjacent to an activating group) is 1. The van der Waals surface area contributed by atoms with E-state index in [0.29, 0.717) is 23.6 Å². The van der Waals surface area contributed by atoms with Crippen LogP contribution < -0.4 is 21.7 Å². The molecule has 1 unspecified atom stereocenters. The number of nitrogen functional groups attached to an aromatic ring is 1. The minimum absolute atomic E-state index is 0.214. The van der Waals surface area contributed by atoms with E-state index < -0.39 is 0 Å². The second-order valence-corrected chi connectivity index (χ2v) is 10.0. The van der Waals surface area contributed by atoms with Crippen molar-refractivity contribution in [1.82, 2.24) is 25.4 Å². The molecule has 9 nitrogen and oxygen atoms in total. The van der Waals surface area contributed by atoms with Crippen molar-refractivity contribution in [2.45, 2.75) is 18.9 Å². The van der Waals surface area contributed by atoms with Crippen LogP contribution in [0.2, 0.25) is 0 Å². The van der Waals surface area contributed by atoms with Crippen LogP contribution in [0.3, 0.4) is 0 Å². The number of nitrogens with zero attached hydrogens (tertiary/aromatic N) is 3. The van der Waals surface area contributed by atoms with Gasteiger partial charge >= 0.3 is 6.03 Å². The van der Waals surface area contributed by atoms with Gasteiger partial charge in [-0.05, 0) is 37.1 Å². The van der Waals surface area contributed by atoms with Gasteiger partial charge in [-0.1, -0.05) is 36.4 Å². The maximum atomic E-state index is 12.8. The van der Waals surface area contributed by atoms with Crippen LogP contribution in [0, 0.1) is 0 Å². The number of carbonyl (C=O) groups is 2. The maximum Gasteiger partial charge on any atom is 0.315 e. The van der Waals surface area contributed by atoms with Gasteiger partial charge in [0.25, 0.3) is 5.91 Å². The zero-order valence-corrected chi connectivity index (χ0v) is 22.0. The first-order valence-corrected chi connectivity index (χ1v) is 13.5. The molecule has 3 heterocycles. The average molecular weight is 522 g/mol. The number of aromatic nitrogens is 1. The Labute approximate surface area is 222 Å². The first-order valence-electron chi connectivity index (χ1n) is 12.6. The molecule has 37 heavy (non-hydrogen) atoms. The molecular weight excluding hydrogens is 486 g/mol. The molecule has 1 aromatic carbocycles. The smallest absolute Gasteiger partial charge is 0.315 e. The van der Waals surface area contributed by atoms with E-state index in [0.717, 1.165) is 51.1 Å². The first-order chi connectivity index (χ1) is 18.0.